The lowest BCUT2D eigenvalue weighted by Gasteiger charge is -2.23. The molecule has 0 amide bonds. The van der Waals surface area contributed by atoms with Crippen molar-refractivity contribution >= 4 is 0 Å². The summed E-state index contributed by atoms with van der Waals surface area (Å²) in [5.74, 6) is 1.20. The first kappa shape index (κ1) is 8.31. The largest absolute Gasteiger partial charge is 0.449 e. The predicted octanol–water partition coefficient (Wildman–Crippen LogP) is 2.82. The highest BCUT2D eigenvalue weighted by molar-refractivity contribution is 4.95. The standard InChI is InChI=1S/C9H15NO/c1-7(9(2,3)4)8-10-5-6-11-8/h5-7H,1-4H3/t7-/m0/s1. The molecule has 0 N–H and O–H groups in total. The van der Waals surface area contributed by atoms with Crippen molar-refractivity contribution < 1.29 is 4.42 Å². The molecule has 0 unspecified atom stereocenters. The highest BCUT2D eigenvalue weighted by Crippen LogP contribution is 2.32. The highest BCUT2D eigenvalue weighted by atomic mass is 16.3. The third-order valence-corrected chi connectivity index (χ3v) is 2.12. The van der Waals surface area contributed by atoms with Gasteiger partial charge in [-0.3, -0.25) is 0 Å². The van der Waals surface area contributed by atoms with Crippen molar-refractivity contribution in [3.8, 4) is 0 Å². The second-order valence-corrected chi connectivity index (χ2v) is 3.96. The second kappa shape index (κ2) is 2.68. The van der Waals surface area contributed by atoms with Gasteiger partial charge in [-0.25, -0.2) is 4.98 Å². The quantitative estimate of drug-likeness (QED) is 0.620. The molecule has 1 atom stereocenters. The Morgan fingerprint density at radius 3 is 2.45 bits per heavy atom. The zero-order valence-electron chi connectivity index (χ0n) is 7.59. The Bertz CT molecular complexity index is 208. The Balaban J connectivity index is 2.78. The molecule has 1 rings (SSSR count). The summed E-state index contributed by atoms with van der Waals surface area (Å²) >= 11 is 0. The number of hydrogen-bond acceptors (Lipinski definition) is 2. The summed E-state index contributed by atoms with van der Waals surface area (Å²) in [5, 5.41) is 0. The topological polar surface area (TPSA) is 26.0 Å². The fourth-order valence-electron chi connectivity index (χ4n) is 0.819. The number of hydrogen-bond donors (Lipinski definition) is 0. The van der Waals surface area contributed by atoms with Crippen molar-refractivity contribution in [1.82, 2.24) is 4.98 Å². The Morgan fingerprint density at radius 1 is 1.45 bits per heavy atom. The summed E-state index contributed by atoms with van der Waals surface area (Å²) in [7, 11) is 0. The minimum absolute atomic E-state index is 0.227. The van der Waals surface area contributed by atoms with Gasteiger partial charge in [-0.05, 0) is 5.41 Å². The van der Waals surface area contributed by atoms with Gasteiger partial charge in [0.2, 0.25) is 0 Å². The summed E-state index contributed by atoms with van der Waals surface area (Å²) in [4.78, 5) is 4.12. The molecule has 1 aromatic heterocycles. The van der Waals surface area contributed by atoms with Gasteiger partial charge in [0.15, 0.2) is 5.89 Å². The van der Waals surface area contributed by atoms with Gasteiger partial charge in [0.05, 0.1) is 6.20 Å². The number of rotatable bonds is 1. The van der Waals surface area contributed by atoms with Crippen LogP contribution in [0.1, 0.15) is 39.5 Å². The van der Waals surface area contributed by atoms with Crippen LogP contribution in [0, 0.1) is 5.41 Å². The minimum Gasteiger partial charge on any atom is -0.449 e. The van der Waals surface area contributed by atoms with E-state index in [1.807, 2.05) is 0 Å². The van der Waals surface area contributed by atoms with Gasteiger partial charge >= 0.3 is 0 Å². The first-order chi connectivity index (χ1) is 5.02. The number of oxazole rings is 1. The van der Waals surface area contributed by atoms with Crippen LogP contribution in [0.15, 0.2) is 16.9 Å². The lowest BCUT2D eigenvalue weighted by Crippen LogP contribution is -2.15. The molecule has 0 aromatic carbocycles. The molecular formula is C9H15NO. The van der Waals surface area contributed by atoms with Gasteiger partial charge in [0.25, 0.3) is 0 Å². The zero-order valence-corrected chi connectivity index (χ0v) is 7.59. The van der Waals surface area contributed by atoms with E-state index in [-0.39, 0.29) is 5.41 Å². The lowest BCUT2D eigenvalue weighted by atomic mass is 9.82. The van der Waals surface area contributed by atoms with Crippen LogP contribution in [0.25, 0.3) is 0 Å². The van der Waals surface area contributed by atoms with Gasteiger partial charge in [-0.15, -0.1) is 0 Å². The van der Waals surface area contributed by atoms with Crippen LogP contribution in [0.2, 0.25) is 0 Å². The van der Waals surface area contributed by atoms with Gasteiger partial charge in [-0.1, -0.05) is 27.7 Å². The summed E-state index contributed by atoms with van der Waals surface area (Å²) < 4.78 is 5.21. The molecule has 0 radical (unpaired) electrons. The van der Waals surface area contributed by atoms with Crippen molar-refractivity contribution in [2.75, 3.05) is 0 Å². The monoisotopic (exact) mass is 153 g/mol. The maximum Gasteiger partial charge on any atom is 0.197 e. The lowest BCUT2D eigenvalue weighted by molar-refractivity contribution is 0.288. The van der Waals surface area contributed by atoms with Gasteiger partial charge in [-0.2, -0.15) is 0 Å². The van der Waals surface area contributed by atoms with Crippen molar-refractivity contribution in [1.29, 1.82) is 0 Å². The Hall–Kier alpha value is -0.790. The van der Waals surface area contributed by atoms with E-state index in [1.165, 1.54) is 0 Å². The normalized spacial score (nSPS) is 14.9. The Labute approximate surface area is 67.6 Å². The molecule has 0 spiro atoms. The zero-order chi connectivity index (χ0) is 8.48. The van der Waals surface area contributed by atoms with Crippen LogP contribution in [0.5, 0.6) is 0 Å². The Morgan fingerprint density at radius 2 is 2.09 bits per heavy atom. The maximum absolute atomic E-state index is 5.21. The smallest absolute Gasteiger partial charge is 0.197 e. The fraction of sp³-hybridized carbons (Fsp3) is 0.667. The summed E-state index contributed by atoms with van der Waals surface area (Å²) in [5.41, 5.74) is 0.227. The first-order valence-electron chi connectivity index (χ1n) is 3.91. The molecule has 11 heavy (non-hydrogen) atoms. The molecule has 0 saturated heterocycles. The molecule has 0 aliphatic heterocycles. The van der Waals surface area contributed by atoms with E-state index >= 15 is 0 Å². The average molecular weight is 153 g/mol. The summed E-state index contributed by atoms with van der Waals surface area (Å²) in [6.45, 7) is 8.68. The molecule has 62 valence electrons. The molecule has 0 aliphatic rings. The van der Waals surface area contributed by atoms with Crippen LogP contribution in [0.3, 0.4) is 0 Å². The minimum atomic E-state index is 0.227. The van der Waals surface area contributed by atoms with Gasteiger partial charge in [0, 0.05) is 5.92 Å². The molecule has 2 heteroatoms. The molecule has 0 saturated carbocycles. The molecular weight excluding hydrogens is 138 g/mol. The summed E-state index contributed by atoms with van der Waals surface area (Å²) in [6, 6.07) is 0. The van der Waals surface area contributed by atoms with E-state index in [9.17, 15) is 0 Å². The van der Waals surface area contributed by atoms with Gasteiger partial charge < -0.3 is 4.42 Å². The van der Waals surface area contributed by atoms with Crippen LogP contribution >= 0.6 is 0 Å². The van der Waals surface area contributed by atoms with Crippen molar-refractivity contribution in [3.05, 3.63) is 18.4 Å². The van der Waals surface area contributed by atoms with Crippen LogP contribution < -0.4 is 0 Å². The van der Waals surface area contributed by atoms with Crippen molar-refractivity contribution in [2.24, 2.45) is 5.41 Å². The van der Waals surface area contributed by atoms with E-state index in [2.05, 4.69) is 32.7 Å². The molecule has 1 heterocycles. The predicted molar refractivity (Wildman–Crippen MR) is 44.4 cm³/mol. The van der Waals surface area contributed by atoms with Crippen LogP contribution in [-0.4, -0.2) is 4.98 Å². The maximum atomic E-state index is 5.21. The average Bonchev–Trinajstić information content (AvgIpc) is 2.34. The van der Waals surface area contributed by atoms with E-state index in [1.54, 1.807) is 12.5 Å². The van der Waals surface area contributed by atoms with Crippen molar-refractivity contribution in [3.63, 3.8) is 0 Å². The van der Waals surface area contributed by atoms with Crippen LogP contribution in [-0.2, 0) is 0 Å². The fourth-order valence-corrected chi connectivity index (χ4v) is 0.819. The van der Waals surface area contributed by atoms with Gasteiger partial charge in [0.1, 0.15) is 6.26 Å². The first-order valence-corrected chi connectivity index (χ1v) is 3.91. The van der Waals surface area contributed by atoms with E-state index < -0.39 is 0 Å². The Kier molecular flexibility index (Phi) is 2.03. The SMILES string of the molecule is C[C@@H](c1ncco1)C(C)(C)C. The molecule has 0 aliphatic carbocycles. The van der Waals surface area contributed by atoms with Crippen molar-refractivity contribution in [2.45, 2.75) is 33.6 Å². The number of aromatic nitrogens is 1. The molecule has 0 bridgehead atoms. The molecule has 2 nitrogen and oxygen atoms in total. The second-order valence-electron chi connectivity index (χ2n) is 3.96. The van der Waals surface area contributed by atoms with E-state index in [0.717, 1.165) is 5.89 Å². The van der Waals surface area contributed by atoms with E-state index in [4.69, 9.17) is 4.42 Å². The number of nitrogens with zero attached hydrogens (tertiary/aromatic N) is 1. The molecule has 0 fully saturated rings. The third kappa shape index (κ3) is 1.82. The third-order valence-electron chi connectivity index (χ3n) is 2.12. The van der Waals surface area contributed by atoms with E-state index in [0.29, 0.717) is 5.92 Å². The summed E-state index contributed by atoms with van der Waals surface area (Å²) in [6.07, 6.45) is 3.31. The highest BCUT2D eigenvalue weighted by Gasteiger charge is 2.24. The van der Waals surface area contributed by atoms with Crippen LogP contribution in [0.4, 0.5) is 0 Å². The molecule has 1 aromatic rings.